The van der Waals surface area contributed by atoms with E-state index in [2.05, 4.69) is 30.6 Å². The van der Waals surface area contributed by atoms with Gasteiger partial charge in [-0.15, -0.1) is 0 Å². The minimum Gasteiger partial charge on any atom is -0.261 e. The van der Waals surface area contributed by atoms with E-state index >= 15 is 0 Å². The Hall–Kier alpha value is -1.63. The Bertz CT molecular complexity index is 386. The average molecular weight is 229 g/mol. The highest BCUT2D eigenvalue weighted by molar-refractivity contribution is 5.30. The van der Waals surface area contributed by atoms with Gasteiger partial charge in [0, 0.05) is 18.3 Å². The summed E-state index contributed by atoms with van der Waals surface area (Å²) in [5, 5.41) is 0. The van der Waals surface area contributed by atoms with Crippen molar-refractivity contribution in [3.63, 3.8) is 0 Å². The number of allylic oxidation sites excluding steroid dienone is 5. The molecule has 0 fully saturated rings. The molecule has 1 heteroatoms. The van der Waals surface area contributed by atoms with Gasteiger partial charge < -0.3 is 0 Å². The standard InChI is InChI=1S/C14H17N.C2H6/c1-4-7-13(8-5-2)11-14-12(3)9-6-10-15-14;1-2/h4-10H,1,11H2,2-3H3;1-2H3/b8-5-,13-7+;. The molecule has 0 radical (unpaired) electrons. The first kappa shape index (κ1) is 15.4. The van der Waals surface area contributed by atoms with Crippen molar-refractivity contribution < 1.29 is 0 Å². The first-order valence-corrected chi connectivity index (χ1v) is 6.12. The summed E-state index contributed by atoms with van der Waals surface area (Å²) in [7, 11) is 0. The predicted octanol–water partition coefficient (Wildman–Crippen LogP) is 4.65. The van der Waals surface area contributed by atoms with Crippen LogP contribution in [-0.2, 0) is 6.42 Å². The summed E-state index contributed by atoms with van der Waals surface area (Å²) in [4.78, 5) is 4.37. The molecule has 0 saturated carbocycles. The van der Waals surface area contributed by atoms with E-state index in [1.807, 2.05) is 51.3 Å². The summed E-state index contributed by atoms with van der Waals surface area (Å²) >= 11 is 0. The molecule has 0 spiro atoms. The molecule has 0 unspecified atom stereocenters. The zero-order valence-corrected chi connectivity index (χ0v) is 11.4. The zero-order chi connectivity index (χ0) is 13.1. The number of aryl methyl sites for hydroxylation is 1. The van der Waals surface area contributed by atoms with Crippen LogP contribution < -0.4 is 0 Å². The molecule has 1 heterocycles. The van der Waals surface area contributed by atoms with E-state index in [1.165, 1.54) is 11.1 Å². The normalized spacial score (nSPS) is 10.9. The Labute approximate surface area is 106 Å². The molecule has 0 aromatic carbocycles. The van der Waals surface area contributed by atoms with Gasteiger partial charge in [0.1, 0.15) is 0 Å². The monoisotopic (exact) mass is 229 g/mol. The van der Waals surface area contributed by atoms with E-state index in [4.69, 9.17) is 0 Å². The van der Waals surface area contributed by atoms with Gasteiger partial charge in [0.25, 0.3) is 0 Å². The summed E-state index contributed by atoms with van der Waals surface area (Å²) in [6.07, 6.45) is 10.7. The molecule has 17 heavy (non-hydrogen) atoms. The van der Waals surface area contributed by atoms with Crippen LogP contribution in [-0.4, -0.2) is 4.98 Å². The highest BCUT2D eigenvalue weighted by atomic mass is 14.7. The second-order valence-electron chi connectivity index (χ2n) is 3.42. The fourth-order valence-electron chi connectivity index (χ4n) is 1.44. The van der Waals surface area contributed by atoms with Crippen LogP contribution in [0.3, 0.4) is 0 Å². The van der Waals surface area contributed by atoms with Gasteiger partial charge in [-0.2, -0.15) is 0 Å². The average Bonchev–Trinajstić information content (AvgIpc) is 2.35. The van der Waals surface area contributed by atoms with Crippen molar-refractivity contribution in [3.8, 4) is 0 Å². The second kappa shape index (κ2) is 9.59. The van der Waals surface area contributed by atoms with Crippen LogP contribution in [0.25, 0.3) is 0 Å². The molecule has 1 aromatic rings. The highest BCUT2D eigenvalue weighted by Crippen LogP contribution is 2.11. The van der Waals surface area contributed by atoms with Crippen molar-refractivity contribution in [1.29, 1.82) is 0 Å². The van der Waals surface area contributed by atoms with E-state index in [-0.39, 0.29) is 0 Å². The molecular formula is C16H23N. The van der Waals surface area contributed by atoms with Crippen molar-refractivity contribution in [1.82, 2.24) is 4.98 Å². The molecule has 0 saturated heterocycles. The van der Waals surface area contributed by atoms with E-state index in [9.17, 15) is 0 Å². The largest absolute Gasteiger partial charge is 0.261 e. The second-order valence-corrected chi connectivity index (χ2v) is 3.42. The van der Waals surface area contributed by atoms with Crippen molar-refractivity contribution in [2.75, 3.05) is 0 Å². The topological polar surface area (TPSA) is 12.9 Å². The lowest BCUT2D eigenvalue weighted by molar-refractivity contribution is 1.04. The Morgan fingerprint density at radius 3 is 2.65 bits per heavy atom. The van der Waals surface area contributed by atoms with Crippen LogP contribution in [0.5, 0.6) is 0 Å². The summed E-state index contributed by atoms with van der Waals surface area (Å²) < 4.78 is 0. The van der Waals surface area contributed by atoms with Crippen LogP contribution in [0.4, 0.5) is 0 Å². The number of hydrogen-bond donors (Lipinski definition) is 0. The van der Waals surface area contributed by atoms with Crippen LogP contribution in [0.15, 0.2) is 54.8 Å². The Balaban J connectivity index is 0.00000121. The third-order valence-corrected chi connectivity index (χ3v) is 2.20. The van der Waals surface area contributed by atoms with Gasteiger partial charge in [-0.3, -0.25) is 4.98 Å². The molecule has 0 atom stereocenters. The van der Waals surface area contributed by atoms with Gasteiger partial charge in [-0.05, 0) is 31.1 Å². The summed E-state index contributed by atoms with van der Waals surface area (Å²) in [5.74, 6) is 0. The number of hydrogen-bond acceptors (Lipinski definition) is 1. The molecule has 0 N–H and O–H groups in total. The summed E-state index contributed by atoms with van der Waals surface area (Å²) in [6, 6.07) is 4.05. The highest BCUT2D eigenvalue weighted by Gasteiger charge is 2.00. The molecule has 1 nitrogen and oxygen atoms in total. The number of pyridine rings is 1. The molecule has 1 aromatic heterocycles. The quantitative estimate of drug-likeness (QED) is 0.685. The molecule has 0 aliphatic carbocycles. The molecule has 0 aliphatic rings. The minimum atomic E-state index is 0.864. The van der Waals surface area contributed by atoms with Crippen LogP contribution in [0.2, 0.25) is 0 Å². The molecule has 1 rings (SSSR count). The molecule has 0 aliphatic heterocycles. The van der Waals surface area contributed by atoms with Crippen LogP contribution in [0.1, 0.15) is 32.0 Å². The van der Waals surface area contributed by atoms with Crippen LogP contribution >= 0.6 is 0 Å². The minimum absolute atomic E-state index is 0.864. The van der Waals surface area contributed by atoms with Gasteiger partial charge in [0.2, 0.25) is 0 Å². The number of rotatable bonds is 4. The maximum atomic E-state index is 4.37. The number of nitrogens with zero attached hydrogens (tertiary/aromatic N) is 1. The van der Waals surface area contributed by atoms with E-state index < -0.39 is 0 Å². The van der Waals surface area contributed by atoms with Gasteiger partial charge in [-0.25, -0.2) is 0 Å². The van der Waals surface area contributed by atoms with E-state index in [0.29, 0.717) is 0 Å². The Kier molecular flexibility index (Phi) is 8.67. The van der Waals surface area contributed by atoms with Crippen molar-refractivity contribution in [2.45, 2.75) is 34.1 Å². The number of aromatic nitrogens is 1. The van der Waals surface area contributed by atoms with Gasteiger partial charge in [-0.1, -0.05) is 50.8 Å². The van der Waals surface area contributed by atoms with Crippen molar-refractivity contribution in [3.05, 3.63) is 66.0 Å². The van der Waals surface area contributed by atoms with Crippen LogP contribution in [0, 0.1) is 6.92 Å². The maximum absolute atomic E-state index is 4.37. The molecule has 0 amide bonds. The first-order chi connectivity index (χ1) is 8.27. The van der Waals surface area contributed by atoms with Gasteiger partial charge in [0.05, 0.1) is 0 Å². The van der Waals surface area contributed by atoms with Crippen molar-refractivity contribution >= 4 is 0 Å². The van der Waals surface area contributed by atoms with Crippen molar-refractivity contribution in [2.24, 2.45) is 0 Å². The predicted molar refractivity (Wildman–Crippen MR) is 77.1 cm³/mol. The first-order valence-electron chi connectivity index (χ1n) is 6.12. The van der Waals surface area contributed by atoms with E-state index in [0.717, 1.165) is 12.1 Å². The lowest BCUT2D eigenvalue weighted by atomic mass is 10.1. The van der Waals surface area contributed by atoms with Gasteiger partial charge in [0.15, 0.2) is 0 Å². The summed E-state index contributed by atoms with van der Waals surface area (Å²) in [6.45, 7) is 11.8. The molecule has 0 bridgehead atoms. The maximum Gasteiger partial charge on any atom is 0.0476 e. The lowest BCUT2D eigenvalue weighted by Crippen LogP contribution is -1.95. The van der Waals surface area contributed by atoms with E-state index in [1.54, 1.807) is 0 Å². The Morgan fingerprint density at radius 1 is 1.41 bits per heavy atom. The SMILES string of the molecule is C=C/C=C(\C=C/C)Cc1ncccc1C.CC. The third kappa shape index (κ3) is 5.86. The fraction of sp³-hybridized carbons (Fsp3) is 0.312. The zero-order valence-electron chi connectivity index (χ0n) is 11.4. The summed E-state index contributed by atoms with van der Waals surface area (Å²) in [5.41, 5.74) is 3.59. The smallest absolute Gasteiger partial charge is 0.0476 e. The third-order valence-electron chi connectivity index (χ3n) is 2.20. The lowest BCUT2D eigenvalue weighted by Gasteiger charge is -2.04. The fourth-order valence-corrected chi connectivity index (χ4v) is 1.44. The Morgan fingerprint density at radius 2 is 2.12 bits per heavy atom. The molecular weight excluding hydrogens is 206 g/mol. The molecule has 92 valence electrons. The van der Waals surface area contributed by atoms with Gasteiger partial charge >= 0.3 is 0 Å².